The Hall–Kier alpha value is -2.90. The normalized spacial score (nSPS) is 15.5. The van der Waals surface area contributed by atoms with Crippen LogP contribution in [0.2, 0.25) is 0 Å². The Morgan fingerprint density at radius 1 is 1.03 bits per heavy atom. The number of aryl methyl sites for hydroxylation is 1. The molecule has 4 aromatic rings. The molecule has 2 aromatic carbocycles. The zero-order chi connectivity index (χ0) is 20.5. The molecule has 0 bridgehead atoms. The number of anilines is 1. The summed E-state index contributed by atoms with van der Waals surface area (Å²) in [5.74, 6) is 1.72. The highest BCUT2D eigenvalue weighted by Gasteiger charge is 2.33. The number of halogens is 1. The minimum atomic E-state index is -0.0193. The van der Waals surface area contributed by atoms with Crippen molar-refractivity contribution in [2.75, 3.05) is 12.1 Å². The maximum absolute atomic E-state index is 5.74. The topological polar surface area (TPSA) is 50.9 Å². The van der Waals surface area contributed by atoms with Crippen molar-refractivity contribution >= 4 is 39.2 Å². The van der Waals surface area contributed by atoms with Crippen molar-refractivity contribution < 1.29 is 9.15 Å². The number of nitrogens with zero attached hydrogens (tertiary/aromatic N) is 3. The number of hydrogen-bond acceptors (Lipinski definition) is 6. The fourth-order valence-electron chi connectivity index (χ4n) is 3.57. The summed E-state index contributed by atoms with van der Waals surface area (Å²) in [5.41, 5.74) is 5.38. The standard InChI is InChI=1S/C24H21N3O2S.BrH/c1-16-5-7-18(8-6-16)21-15-30-24(25-21)27-22(23-4-3-13-29-23)14-20(26-27)17-9-11-19(28-2)12-10-17;/h3-13,15,22H,14H2,1-2H3;1H. The van der Waals surface area contributed by atoms with Crippen molar-refractivity contribution in [3.05, 3.63) is 89.2 Å². The van der Waals surface area contributed by atoms with Crippen LogP contribution in [0.5, 0.6) is 5.75 Å². The Labute approximate surface area is 195 Å². The van der Waals surface area contributed by atoms with E-state index in [0.29, 0.717) is 0 Å². The molecule has 158 valence electrons. The van der Waals surface area contributed by atoms with E-state index in [1.165, 1.54) is 5.56 Å². The molecule has 5 nitrogen and oxygen atoms in total. The van der Waals surface area contributed by atoms with E-state index in [4.69, 9.17) is 19.2 Å². The van der Waals surface area contributed by atoms with Crippen LogP contribution < -0.4 is 9.75 Å². The number of methoxy groups -OCH3 is 1. The van der Waals surface area contributed by atoms with Crippen molar-refractivity contribution in [2.45, 2.75) is 19.4 Å². The third kappa shape index (κ3) is 4.29. The Balaban J connectivity index is 0.00000231. The molecule has 0 radical (unpaired) electrons. The van der Waals surface area contributed by atoms with Crippen molar-refractivity contribution in [2.24, 2.45) is 5.10 Å². The fourth-order valence-corrected chi connectivity index (χ4v) is 4.41. The van der Waals surface area contributed by atoms with Gasteiger partial charge in [-0.25, -0.2) is 9.99 Å². The Morgan fingerprint density at radius 2 is 1.77 bits per heavy atom. The van der Waals surface area contributed by atoms with E-state index in [9.17, 15) is 0 Å². The summed E-state index contributed by atoms with van der Waals surface area (Å²) >= 11 is 1.60. The maximum Gasteiger partial charge on any atom is 0.207 e. The number of aromatic nitrogens is 1. The van der Waals surface area contributed by atoms with Gasteiger partial charge in [0.1, 0.15) is 17.6 Å². The average molecular weight is 496 g/mol. The zero-order valence-corrected chi connectivity index (χ0v) is 19.7. The highest BCUT2D eigenvalue weighted by atomic mass is 79.9. The van der Waals surface area contributed by atoms with E-state index in [-0.39, 0.29) is 23.0 Å². The van der Waals surface area contributed by atoms with E-state index in [2.05, 4.69) is 36.6 Å². The maximum atomic E-state index is 5.74. The first-order chi connectivity index (χ1) is 14.7. The van der Waals surface area contributed by atoms with E-state index in [0.717, 1.165) is 45.6 Å². The molecule has 5 rings (SSSR count). The first-order valence-corrected chi connectivity index (χ1v) is 10.7. The first kappa shape index (κ1) is 21.3. The van der Waals surface area contributed by atoms with Gasteiger partial charge in [0.15, 0.2) is 0 Å². The van der Waals surface area contributed by atoms with Gasteiger partial charge in [-0.1, -0.05) is 29.8 Å². The van der Waals surface area contributed by atoms with Gasteiger partial charge in [0.2, 0.25) is 5.13 Å². The molecule has 1 aliphatic rings. The first-order valence-electron chi connectivity index (χ1n) is 9.78. The molecule has 0 amide bonds. The summed E-state index contributed by atoms with van der Waals surface area (Å²) in [5, 5.41) is 9.87. The van der Waals surface area contributed by atoms with Gasteiger partial charge >= 0.3 is 0 Å². The SMILES string of the molecule is Br.COc1ccc(C2=NN(c3nc(-c4ccc(C)cc4)cs3)C(c3ccco3)C2)cc1. The van der Waals surface area contributed by atoms with Crippen LogP contribution in [0.1, 0.15) is 29.3 Å². The monoisotopic (exact) mass is 495 g/mol. The van der Waals surface area contributed by atoms with Gasteiger partial charge in [0.25, 0.3) is 0 Å². The van der Waals surface area contributed by atoms with Crippen molar-refractivity contribution in [1.82, 2.24) is 4.98 Å². The molecule has 0 fully saturated rings. The van der Waals surface area contributed by atoms with Crippen LogP contribution in [0.3, 0.4) is 0 Å². The third-order valence-corrected chi connectivity index (χ3v) is 6.07. The van der Waals surface area contributed by atoms with Crippen LogP contribution in [-0.4, -0.2) is 17.8 Å². The van der Waals surface area contributed by atoms with Gasteiger partial charge in [0.05, 0.1) is 24.8 Å². The smallest absolute Gasteiger partial charge is 0.207 e. The van der Waals surface area contributed by atoms with Crippen LogP contribution in [0.15, 0.2) is 81.8 Å². The van der Waals surface area contributed by atoms with Crippen LogP contribution in [0.4, 0.5) is 5.13 Å². The molecular formula is C24H22BrN3O2S. The molecular weight excluding hydrogens is 474 g/mol. The van der Waals surface area contributed by atoms with E-state index < -0.39 is 0 Å². The lowest BCUT2D eigenvalue weighted by atomic mass is 10.0. The minimum absolute atomic E-state index is 0. The zero-order valence-electron chi connectivity index (χ0n) is 17.2. The van der Waals surface area contributed by atoms with E-state index in [1.54, 1.807) is 24.7 Å². The lowest BCUT2D eigenvalue weighted by molar-refractivity contribution is 0.415. The number of thiazole rings is 1. The molecule has 1 unspecified atom stereocenters. The van der Waals surface area contributed by atoms with Crippen molar-refractivity contribution in [3.8, 4) is 17.0 Å². The van der Waals surface area contributed by atoms with Crippen LogP contribution in [0.25, 0.3) is 11.3 Å². The van der Waals surface area contributed by atoms with Crippen molar-refractivity contribution in [3.63, 3.8) is 0 Å². The summed E-state index contributed by atoms with van der Waals surface area (Å²) in [6.45, 7) is 2.09. The van der Waals surface area contributed by atoms with Crippen LogP contribution in [0, 0.1) is 6.92 Å². The second kappa shape index (κ2) is 9.08. The number of rotatable bonds is 5. The lowest BCUT2D eigenvalue weighted by Crippen LogP contribution is -2.17. The highest BCUT2D eigenvalue weighted by Crippen LogP contribution is 2.39. The average Bonchev–Trinajstić information content (AvgIpc) is 3.54. The second-order valence-corrected chi connectivity index (χ2v) is 8.07. The molecule has 0 saturated carbocycles. The number of hydrogen-bond donors (Lipinski definition) is 0. The van der Waals surface area contributed by atoms with Gasteiger partial charge in [-0.05, 0) is 48.9 Å². The molecule has 0 N–H and O–H groups in total. The van der Waals surface area contributed by atoms with Gasteiger partial charge < -0.3 is 9.15 Å². The molecule has 3 heterocycles. The quantitative estimate of drug-likeness (QED) is 0.310. The van der Waals surface area contributed by atoms with Gasteiger partial charge in [-0.15, -0.1) is 28.3 Å². The van der Waals surface area contributed by atoms with Gasteiger partial charge in [-0.3, -0.25) is 0 Å². The Morgan fingerprint density at radius 3 is 2.45 bits per heavy atom. The van der Waals surface area contributed by atoms with E-state index in [1.807, 2.05) is 41.4 Å². The summed E-state index contributed by atoms with van der Waals surface area (Å²) in [7, 11) is 1.67. The highest BCUT2D eigenvalue weighted by molar-refractivity contribution is 8.93. The predicted octanol–water partition coefficient (Wildman–Crippen LogP) is 6.65. The van der Waals surface area contributed by atoms with Crippen LogP contribution in [-0.2, 0) is 0 Å². The van der Waals surface area contributed by atoms with Gasteiger partial charge in [0, 0.05) is 17.4 Å². The summed E-state index contributed by atoms with van der Waals surface area (Å²) in [4.78, 5) is 4.88. The molecule has 31 heavy (non-hydrogen) atoms. The summed E-state index contributed by atoms with van der Waals surface area (Å²) < 4.78 is 11.0. The lowest BCUT2D eigenvalue weighted by Gasteiger charge is -2.18. The molecule has 0 aliphatic carbocycles. The number of ether oxygens (including phenoxy) is 1. The van der Waals surface area contributed by atoms with Gasteiger partial charge in [-0.2, -0.15) is 5.10 Å². The molecule has 0 saturated heterocycles. The predicted molar refractivity (Wildman–Crippen MR) is 131 cm³/mol. The largest absolute Gasteiger partial charge is 0.497 e. The fraction of sp³-hybridized carbons (Fsp3) is 0.167. The Bertz CT molecular complexity index is 1170. The number of hydrazone groups is 1. The number of benzene rings is 2. The molecule has 1 atom stereocenters. The molecule has 0 spiro atoms. The molecule has 1 aliphatic heterocycles. The Kier molecular flexibility index (Phi) is 6.25. The van der Waals surface area contributed by atoms with E-state index >= 15 is 0 Å². The second-order valence-electron chi connectivity index (χ2n) is 7.24. The summed E-state index contributed by atoms with van der Waals surface area (Å²) in [6, 6.07) is 20.3. The molecule has 7 heteroatoms. The van der Waals surface area contributed by atoms with Crippen LogP contribution >= 0.6 is 28.3 Å². The third-order valence-electron chi connectivity index (χ3n) is 5.24. The summed E-state index contributed by atoms with van der Waals surface area (Å²) in [6.07, 6.45) is 2.46. The minimum Gasteiger partial charge on any atom is -0.497 e. The number of furan rings is 1. The molecule has 2 aromatic heterocycles. The van der Waals surface area contributed by atoms with Crippen molar-refractivity contribution in [1.29, 1.82) is 0 Å².